The van der Waals surface area contributed by atoms with Crippen molar-refractivity contribution in [3.8, 4) is 5.88 Å². The molecule has 2 saturated heterocycles. The first kappa shape index (κ1) is 15.4. The van der Waals surface area contributed by atoms with Crippen molar-refractivity contribution in [3.63, 3.8) is 0 Å². The van der Waals surface area contributed by atoms with Gasteiger partial charge in [0.2, 0.25) is 15.9 Å². The highest BCUT2D eigenvalue weighted by atomic mass is 32.2. The molecule has 0 aliphatic carbocycles. The van der Waals surface area contributed by atoms with Gasteiger partial charge in [0.05, 0.1) is 26.0 Å². The van der Waals surface area contributed by atoms with Crippen molar-refractivity contribution in [1.82, 2.24) is 14.3 Å². The first-order valence-electron chi connectivity index (χ1n) is 7.29. The van der Waals surface area contributed by atoms with Gasteiger partial charge in [0, 0.05) is 25.7 Å². The summed E-state index contributed by atoms with van der Waals surface area (Å²) in [6, 6.07) is 1.80. The molecule has 2 fully saturated rings. The molecule has 2 aliphatic rings. The molecule has 3 rings (SSSR count). The quantitative estimate of drug-likeness (QED) is 0.752. The monoisotopic (exact) mass is 328 g/mol. The lowest BCUT2D eigenvalue weighted by Crippen LogP contribution is -2.36. The molecule has 3 heterocycles. The summed E-state index contributed by atoms with van der Waals surface area (Å²) in [5.74, 6) is 1.29. The normalized spacial score (nSPS) is 23.7. The van der Waals surface area contributed by atoms with E-state index < -0.39 is 10.0 Å². The molecule has 9 heteroatoms. The van der Waals surface area contributed by atoms with Crippen LogP contribution in [0.4, 0.5) is 5.82 Å². The number of aromatic nitrogens is 2. The molecule has 1 aromatic heterocycles. The minimum atomic E-state index is -3.15. The van der Waals surface area contributed by atoms with Crippen LogP contribution in [0.2, 0.25) is 0 Å². The zero-order valence-electron chi connectivity index (χ0n) is 12.5. The van der Waals surface area contributed by atoms with E-state index in [-0.39, 0.29) is 6.10 Å². The third kappa shape index (κ3) is 3.65. The lowest BCUT2D eigenvalue weighted by molar-refractivity contribution is 0.122. The second kappa shape index (κ2) is 6.35. The van der Waals surface area contributed by atoms with E-state index in [9.17, 15) is 8.42 Å². The first-order valence-corrected chi connectivity index (χ1v) is 9.14. The van der Waals surface area contributed by atoms with Gasteiger partial charge in [-0.2, -0.15) is 4.31 Å². The lowest BCUT2D eigenvalue weighted by Gasteiger charge is -2.27. The highest BCUT2D eigenvalue weighted by Crippen LogP contribution is 2.21. The van der Waals surface area contributed by atoms with Crippen molar-refractivity contribution in [3.05, 3.63) is 12.4 Å². The topological polar surface area (TPSA) is 84.9 Å². The molecule has 22 heavy (non-hydrogen) atoms. The summed E-state index contributed by atoms with van der Waals surface area (Å²) in [4.78, 5) is 10.5. The van der Waals surface area contributed by atoms with Crippen molar-refractivity contribution in [2.24, 2.45) is 0 Å². The maximum Gasteiger partial charge on any atom is 0.218 e. The third-order valence-corrected chi connectivity index (χ3v) is 5.10. The van der Waals surface area contributed by atoms with Crippen molar-refractivity contribution in [2.45, 2.75) is 12.5 Å². The van der Waals surface area contributed by atoms with Crippen molar-refractivity contribution < 1.29 is 17.9 Å². The Morgan fingerprint density at radius 2 is 2.05 bits per heavy atom. The number of hydrogen-bond acceptors (Lipinski definition) is 7. The molecule has 2 aliphatic heterocycles. The molecular weight excluding hydrogens is 308 g/mol. The van der Waals surface area contributed by atoms with E-state index in [0.717, 1.165) is 18.9 Å². The fraction of sp³-hybridized carbons (Fsp3) is 0.692. The minimum absolute atomic E-state index is 0.165. The van der Waals surface area contributed by atoms with Gasteiger partial charge in [-0.1, -0.05) is 0 Å². The Labute approximate surface area is 130 Å². The van der Waals surface area contributed by atoms with Crippen molar-refractivity contribution in [2.75, 3.05) is 50.5 Å². The van der Waals surface area contributed by atoms with E-state index >= 15 is 0 Å². The minimum Gasteiger partial charge on any atom is -0.473 e. The van der Waals surface area contributed by atoms with Crippen LogP contribution in [0.3, 0.4) is 0 Å². The molecule has 0 aromatic carbocycles. The lowest BCUT2D eigenvalue weighted by atomic mass is 10.3. The molecule has 0 radical (unpaired) electrons. The van der Waals surface area contributed by atoms with Crippen LogP contribution in [0.15, 0.2) is 12.4 Å². The molecule has 8 nitrogen and oxygen atoms in total. The predicted molar refractivity (Wildman–Crippen MR) is 80.5 cm³/mol. The second-order valence-electron chi connectivity index (χ2n) is 5.46. The average molecular weight is 328 g/mol. The molecule has 1 unspecified atom stereocenters. The van der Waals surface area contributed by atoms with Crippen LogP contribution in [0.5, 0.6) is 5.88 Å². The summed E-state index contributed by atoms with van der Waals surface area (Å²) in [5, 5.41) is 0. The van der Waals surface area contributed by atoms with Gasteiger partial charge in [-0.05, 0) is 6.42 Å². The molecular formula is C13H20N4O4S. The van der Waals surface area contributed by atoms with E-state index in [1.54, 1.807) is 6.07 Å². The summed E-state index contributed by atoms with van der Waals surface area (Å²) >= 11 is 0. The number of nitrogens with zero attached hydrogens (tertiary/aromatic N) is 4. The Morgan fingerprint density at radius 3 is 2.73 bits per heavy atom. The first-order chi connectivity index (χ1) is 10.5. The molecule has 0 spiro atoms. The SMILES string of the molecule is CS(=O)(=O)N1CCC(Oc2cc(N3CCOCC3)ncn2)C1. The molecule has 1 aromatic rings. The molecule has 0 saturated carbocycles. The van der Waals surface area contributed by atoms with Crippen LogP contribution in [0, 0.1) is 0 Å². The smallest absolute Gasteiger partial charge is 0.218 e. The second-order valence-corrected chi connectivity index (χ2v) is 7.45. The van der Waals surface area contributed by atoms with Crippen LogP contribution in [0.1, 0.15) is 6.42 Å². The van der Waals surface area contributed by atoms with Crippen molar-refractivity contribution in [1.29, 1.82) is 0 Å². The summed E-state index contributed by atoms with van der Waals surface area (Å²) < 4.78 is 35.6. The van der Waals surface area contributed by atoms with Crippen LogP contribution in [-0.2, 0) is 14.8 Å². The van der Waals surface area contributed by atoms with Crippen molar-refractivity contribution >= 4 is 15.8 Å². The van der Waals surface area contributed by atoms with Gasteiger partial charge >= 0.3 is 0 Å². The Balaban J connectivity index is 1.63. The highest BCUT2D eigenvalue weighted by molar-refractivity contribution is 7.88. The number of anilines is 1. The van der Waals surface area contributed by atoms with Gasteiger partial charge in [0.1, 0.15) is 18.2 Å². The number of hydrogen-bond donors (Lipinski definition) is 0. The standard InChI is InChI=1S/C13H20N4O4S/c1-22(18,19)17-3-2-11(9-17)21-13-8-12(14-10-15-13)16-4-6-20-7-5-16/h8,10-11H,2-7,9H2,1H3. The number of morpholine rings is 1. The summed E-state index contributed by atoms with van der Waals surface area (Å²) in [5.41, 5.74) is 0. The Kier molecular flexibility index (Phi) is 4.46. The van der Waals surface area contributed by atoms with E-state index in [0.29, 0.717) is 38.6 Å². The summed E-state index contributed by atoms with van der Waals surface area (Å²) in [7, 11) is -3.15. The molecule has 1 atom stereocenters. The molecule has 0 N–H and O–H groups in total. The molecule has 0 bridgehead atoms. The van der Waals surface area contributed by atoms with Crippen LogP contribution in [0.25, 0.3) is 0 Å². The summed E-state index contributed by atoms with van der Waals surface area (Å²) in [6.45, 7) is 3.82. The van der Waals surface area contributed by atoms with Crippen LogP contribution >= 0.6 is 0 Å². The maximum absolute atomic E-state index is 11.5. The predicted octanol–water partition coefficient (Wildman–Crippen LogP) is -0.274. The van der Waals surface area contributed by atoms with E-state index in [1.165, 1.54) is 16.9 Å². The van der Waals surface area contributed by atoms with E-state index in [4.69, 9.17) is 9.47 Å². The Morgan fingerprint density at radius 1 is 1.27 bits per heavy atom. The van der Waals surface area contributed by atoms with Gasteiger partial charge in [-0.15, -0.1) is 0 Å². The Bertz CT molecular complexity index is 618. The molecule has 122 valence electrons. The zero-order valence-corrected chi connectivity index (χ0v) is 13.3. The van der Waals surface area contributed by atoms with Crippen LogP contribution in [-0.4, -0.2) is 74.4 Å². The number of sulfonamides is 1. The Hall–Kier alpha value is -1.45. The number of rotatable bonds is 4. The molecule has 0 amide bonds. The fourth-order valence-corrected chi connectivity index (χ4v) is 3.50. The maximum atomic E-state index is 11.5. The van der Waals surface area contributed by atoms with Gasteiger partial charge in [-0.3, -0.25) is 0 Å². The average Bonchev–Trinajstić information content (AvgIpc) is 2.97. The van der Waals surface area contributed by atoms with E-state index in [1.807, 2.05) is 0 Å². The number of ether oxygens (including phenoxy) is 2. The third-order valence-electron chi connectivity index (χ3n) is 3.83. The fourth-order valence-electron chi connectivity index (χ4n) is 2.63. The van der Waals surface area contributed by atoms with E-state index in [2.05, 4.69) is 14.9 Å². The largest absolute Gasteiger partial charge is 0.473 e. The van der Waals surface area contributed by atoms with Gasteiger partial charge in [0.15, 0.2) is 0 Å². The summed E-state index contributed by atoms with van der Waals surface area (Å²) in [6.07, 6.45) is 3.20. The van der Waals surface area contributed by atoms with Gasteiger partial charge in [0.25, 0.3) is 0 Å². The van der Waals surface area contributed by atoms with Crippen LogP contribution < -0.4 is 9.64 Å². The highest BCUT2D eigenvalue weighted by Gasteiger charge is 2.30. The zero-order chi connectivity index (χ0) is 15.6. The van der Waals surface area contributed by atoms with Gasteiger partial charge in [-0.25, -0.2) is 18.4 Å². The van der Waals surface area contributed by atoms with Gasteiger partial charge < -0.3 is 14.4 Å².